The number of rotatable bonds is 6. The zero-order valence-electron chi connectivity index (χ0n) is 21.6. The molecule has 2 aromatic heterocycles. The zero-order chi connectivity index (χ0) is 25.2. The monoisotopic (exact) mass is 514 g/mol. The molecule has 2 saturated heterocycles. The molecule has 0 radical (unpaired) electrons. The Kier molecular flexibility index (Phi) is 7.14. The van der Waals surface area contributed by atoms with E-state index in [1.807, 2.05) is 24.5 Å². The van der Waals surface area contributed by atoms with E-state index < -0.39 is 0 Å². The fourth-order valence-electron chi connectivity index (χ4n) is 5.84. The summed E-state index contributed by atoms with van der Waals surface area (Å²) >= 11 is 6.17. The lowest BCUT2D eigenvalue weighted by atomic mass is 10.1. The molecule has 37 heavy (non-hydrogen) atoms. The van der Waals surface area contributed by atoms with Crippen LogP contribution in [0.1, 0.15) is 12.0 Å². The Labute approximate surface area is 224 Å². The normalized spacial score (nSPS) is 17.7. The average molecular weight is 515 g/mol. The van der Waals surface area contributed by atoms with Crippen molar-refractivity contribution in [1.29, 1.82) is 0 Å². The number of benzene rings is 2. The van der Waals surface area contributed by atoms with Gasteiger partial charge in [0.1, 0.15) is 0 Å². The Morgan fingerprint density at radius 3 is 1.73 bits per heavy atom. The maximum absolute atomic E-state index is 6.17. The van der Waals surface area contributed by atoms with Crippen LogP contribution in [0, 0.1) is 6.92 Å². The van der Waals surface area contributed by atoms with Gasteiger partial charge < -0.3 is 9.80 Å². The number of aryl methyl sites for hydroxylation is 1. The molecule has 7 heteroatoms. The smallest absolute Gasteiger partial charge is 0.0737 e. The molecule has 4 heterocycles. The first-order chi connectivity index (χ1) is 18.1. The molecule has 192 valence electrons. The van der Waals surface area contributed by atoms with Gasteiger partial charge in [0, 0.05) is 91.9 Å². The van der Waals surface area contributed by atoms with Gasteiger partial charge in [0.2, 0.25) is 0 Å². The number of pyridine rings is 2. The molecule has 0 atom stereocenters. The molecule has 6 nitrogen and oxygen atoms in total. The Morgan fingerprint density at radius 2 is 1.16 bits per heavy atom. The van der Waals surface area contributed by atoms with Crippen molar-refractivity contribution < 1.29 is 0 Å². The van der Waals surface area contributed by atoms with Crippen LogP contribution in [0.3, 0.4) is 0 Å². The van der Waals surface area contributed by atoms with Crippen molar-refractivity contribution in [1.82, 2.24) is 19.8 Å². The third-order valence-electron chi connectivity index (χ3n) is 7.93. The van der Waals surface area contributed by atoms with Crippen LogP contribution in [0.2, 0.25) is 5.02 Å². The first-order valence-electron chi connectivity index (χ1n) is 13.5. The first-order valence-corrected chi connectivity index (χ1v) is 13.9. The van der Waals surface area contributed by atoms with Crippen molar-refractivity contribution >= 4 is 44.8 Å². The molecule has 2 aliphatic heterocycles. The summed E-state index contributed by atoms with van der Waals surface area (Å²) in [5, 5.41) is 3.20. The van der Waals surface area contributed by atoms with E-state index in [1.165, 1.54) is 47.2 Å². The molecule has 0 spiro atoms. The molecule has 2 aromatic carbocycles. The molecule has 0 unspecified atom stereocenters. The van der Waals surface area contributed by atoms with Crippen molar-refractivity contribution in [2.45, 2.75) is 13.3 Å². The van der Waals surface area contributed by atoms with Gasteiger partial charge in [0.15, 0.2) is 0 Å². The summed E-state index contributed by atoms with van der Waals surface area (Å²) in [6, 6.07) is 16.9. The Bertz CT molecular complexity index is 1270. The van der Waals surface area contributed by atoms with Crippen molar-refractivity contribution in [3.63, 3.8) is 0 Å². The first kappa shape index (κ1) is 24.4. The fourth-order valence-corrected chi connectivity index (χ4v) is 6.01. The van der Waals surface area contributed by atoms with Crippen LogP contribution in [-0.4, -0.2) is 85.2 Å². The van der Waals surface area contributed by atoms with Crippen molar-refractivity contribution in [2.24, 2.45) is 0 Å². The highest BCUT2D eigenvalue weighted by molar-refractivity contribution is 6.31. The zero-order valence-corrected chi connectivity index (χ0v) is 22.4. The van der Waals surface area contributed by atoms with E-state index in [9.17, 15) is 0 Å². The maximum atomic E-state index is 6.17. The van der Waals surface area contributed by atoms with E-state index in [0.29, 0.717) is 0 Å². The molecular formula is C30H35ClN6. The van der Waals surface area contributed by atoms with Gasteiger partial charge in [0.25, 0.3) is 0 Å². The van der Waals surface area contributed by atoms with Gasteiger partial charge in [-0.2, -0.15) is 0 Å². The Hall–Kier alpha value is -2.93. The van der Waals surface area contributed by atoms with Crippen LogP contribution in [0.4, 0.5) is 11.4 Å². The number of nitrogens with zero attached hydrogens (tertiary/aromatic N) is 6. The molecular weight excluding hydrogens is 480 g/mol. The van der Waals surface area contributed by atoms with Crippen LogP contribution < -0.4 is 9.80 Å². The van der Waals surface area contributed by atoms with E-state index in [4.69, 9.17) is 11.6 Å². The number of piperazine rings is 2. The molecule has 2 fully saturated rings. The minimum atomic E-state index is 0.740. The SMILES string of the molecule is Cc1ccc2c(N3CCN(CCCN4CCN(c5ccnc6cc(Cl)ccc56)CC4)CC3)ccnc2c1. The van der Waals surface area contributed by atoms with E-state index in [0.717, 1.165) is 68.4 Å². The second-order valence-corrected chi connectivity index (χ2v) is 10.8. The molecule has 0 bridgehead atoms. The summed E-state index contributed by atoms with van der Waals surface area (Å²) in [5.74, 6) is 0. The molecule has 0 aliphatic carbocycles. The third kappa shape index (κ3) is 5.37. The minimum Gasteiger partial charge on any atom is -0.368 e. The number of hydrogen-bond acceptors (Lipinski definition) is 6. The second kappa shape index (κ2) is 10.8. The lowest BCUT2D eigenvalue weighted by Crippen LogP contribution is -2.48. The number of fused-ring (bicyclic) bond motifs is 2. The van der Waals surface area contributed by atoms with Gasteiger partial charge in [-0.25, -0.2) is 0 Å². The standard InChI is InChI=1S/C30H35ClN6/c1-23-3-5-25-27(21-23)32-9-7-29(25)36-17-13-34(14-18-36)11-2-12-35-15-19-37(20-16-35)30-8-10-33-28-22-24(31)4-6-26(28)30/h3-10,21-22H,2,11-20H2,1H3. The lowest BCUT2D eigenvalue weighted by molar-refractivity contribution is 0.213. The fraction of sp³-hybridized carbons (Fsp3) is 0.400. The summed E-state index contributed by atoms with van der Waals surface area (Å²) in [6.07, 6.45) is 5.09. The van der Waals surface area contributed by atoms with Crippen LogP contribution in [-0.2, 0) is 0 Å². The average Bonchev–Trinajstić information content (AvgIpc) is 2.93. The quantitative estimate of drug-likeness (QED) is 0.357. The molecule has 6 rings (SSSR count). The molecule has 0 N–H and O–H groups in total. The molecule has 4 aromatic rings. The highest BCUT2D eigenvalue weighted by atomic mass is 35.5. The van der Waals surface area contributed by atoms with Gasteiger partial charge in [0.05, 0.1) is 11.0 Å². The van der Waals surface area contributed by atoms with Crippen LogP contribution >= 0.6 is 11.6 Å². The van der Waals surface area contributed by atoms with Gasteiger partial charge in [-0.1, -0.05) is 23.7 Å². The summed E-state index contributed by atoms with van der Waals surface area (Å²) in [5.41, 5.74) is 5.93. The predicted octanol–water partition coefficient (Wildman–Crippen LogP) is 5.08. The van der Waals surface area contributed by atoms with Crippen LogP contribution in [0.5, 0.6) is 0 Å². The summed E-state index contributed by atoms with van der Waals surface area (Å²) in [4.78, 5) is 19.4. The number of aromatic nitrogens is 2. The number of halogens is 1. The van der Waals surface area contributed by atoms with Crippen molar-refractivity contribution in [2.75, 3.05) is 75.2 Å². The third-order valence-corrected chi connectivity index (χ3v) is 8.17. The largest absolute Gasteiger partial charge is 0.368 e. The number of anilines is 2. The predicted molar refractivity (Wildman–Crippen MR) is 155 cm³/mol. The van der Waals surface area contributed by atoms with E-state index in [-0.39, 0.29) is 0 Å². The Morgan fingerprint density at radius 1 is 0.649 bits per heavy atom. The van der Waals surface area contributed by atoms with E-state index in [2.05, 4.69) is 72.9 Å². The summed E-state index contributed by atoms with van der Waals surface area (Å²) in [6.45, 7) is 13.2. The Balaban J connectivity index is 0.965. The highest BCUT2D eigenvalue weighted by Gasteiger charge is 2.21. The minimum absolute atomic E-state index is 0.740. The van der Waals surface area contributed by atoms with Crippen LogP contribution in [0.25, 0.3) is 21.8 Å². The van der Waals surface area contributed by atoms with Crippen molar-refractivity contribution in [3.8, 4) is 0 Å². The summed E-state index contributed by atoms with van der Waals surface area (Å²) < 4.78 is 0. The maximum Gasteiger partial charge on any atom is 0.0737 e. The van der Waals surface area contributed by atoms with E-state index >= 15 is 0 Å². The highest BCUT2D eigenvalue weighted by Crippen LogP contribution is 2.29. The summed E-state index contributed by atoms with van der Waals surface area (Å²) in [7, 11) is 0. The number of hydrogen-bond donors (Lipinski definition) is 0. The van der Waals surface area contributed by atoms with Gasteiger partial charge in [-0.3, -0.25) is 19.8 Å². The van der Waals surface area contributed by atoms with E-state index in [1.54, 1.807) is 0 Å². The van der Waals surface area contributed by atoms with Gasteiger partial charge in [-0.05, 0) is 68.4 Å². The van der Waals surface area contributed by atoms with Crippen LogP contribution in [0.15, 0.2) is 60.9 Å². The topological polar surface area (TPSA) is 38.7 Å². The van der Waals surface area contributed by atoms with Gasteiger partial charge in [-0.15, -0.1) is 0 Å². The molecule has 0 amide bonds. The van der Waals surface area contributed by atoms with Gasteiger partial charge >= 0.3 is 0 Å². The lowest BCUT2D eigenvalue weighted by Gasteiger charge is -2.38. The second-order valence-electron chi connectivity index (χ2n) is 10.4. The molecule has 0 saturated carbocycles. The molecule has 2 aliphatic rings. The van der Waals surface area contributed by atoms with Crippen molar-refractivity contribution in [3.05, 3.63) is 71.5 Å².